The van der Waals surface area contributed by atoms with Crippen LogP contribution in [0.3, 0.4) is 0 Å². The van der Waals surface area contributed by atoms with Crippen LogP contribution >= 0.6 is 0 Å². The number of nitrogens with one attached hydrogen (secondary N) is 1. The van der Waals surface area contributed by atoms with Crippen LogP contribution < -0.4 is 5.43 Å². The first-order valence-electron chi connectivity index (χ1n) is 6.65. The van der Waals surface area contributed by atoms with Gasteiger partial charge in [-0.25, -0.2) is 0 Å². The second-order valence-corrected chi connectivity index (χ2v) is 4.71. The molecule has 0 fully saturated rings. The van der Waals surface area contributed by atoms with Gasteiger partial charge in [0.05, 0.1) is 17.5 Å². The van der Waals surface area contributed by atoms with Crippen molar-refractivity contribution in [3.05, 3.63) is 71.3 Å². The SMILES string of the molecule is CC(/C=N/Nc1ccccc1C(F)(F)F)=C\c1ccccc1. The number of halogens is 3. The Balaban J connectivity index is 2.09. The molecule has 0 saturated carbocycles. The van der Waals surface area contributed by atoms with Crippen LogP contribution in [0.15, 0.2) is 65.3 Å². The van der Waals surface area contributed by atoms with Gasteiger partial charge in [-0.05, 0) is 30.2 Å². The number of hydrogen-bond acceptors (Lipinski definition) is 2. The largest absolute Gasteiger partial charge is 0.418 e. The van der Waals surface area contributed by atoms with Crippen LogP contribution in [0.2, 0.25) is 0 Å². The molecule has 22 heavy (non-hydrogen) atoms. The van der Waals surface area contributed by atoms with Crippen LogP contribution in [-0.2, 0) is 6.18 Å². The Hall–Kier alpha value is -2.56. The van der Waals surface area contributed by atoms with Gasteiger partial charge in [0, 0.05) is 0 Å². The first kappa shape index (κ1) is 15.8. The van der Waals surface area contributed by atoms with Crippen molar-refractivity contribution in [2.45, 2.75) is 13.1 Å². The summed E-state index contributed by atoms with van der Waals surface area (Å²) in [5, 5.41) is 3.87. The van der Waals surface area contributed by atoms with Gasteiger partial charge in [0.25, 0.3) is 0 Å². The molecule has 2 rings (SSSR count). The van der Waals surface area contributed by atoms with Gasteiger partial charge in [0.1, 0.15) is 0 Å². The topological polar surface area (TPSA) is 24.4 Å². The molecule has 2 aromatic rings. The lowest BCUT2D eigenvalue weighted by molar-refractivity contribution is -0.136. The molecule has 0 radical (unpaired) electrons. The van der Waals surface area contributed by atoms with E-state index < -0.39 is 11.7 Å². The molecule has 0 saturated heterocycles. The quantitative estimate of drug-likeness (QED) is 0.609. The van der Waals surface area contributed by atoms with Crippen molar-refractivity contribution in [1.82, 2.24) is 0 Å². The molecule has 2 nitrogen and oxygen atoms in total. The van der Waals surface area contributed by atoms with Crippen molar-refractivity contribution in [2.75, 3.05) is 5.43 Å². The molecule has 0 aromatic heterocycles. The molecule has 0 atom stereocenters. The number of rotatable bonds is 4. The first-order chi connectivity index (χ1) is 10.5. The third-order valence-corrected chi connectivity index (χ3v) is 2.88. The highest BCUT2D eigenvalue weighted by Gasteiger charge is 2.33. The van der Waals surface area contributed by atoms with E-state index in [1.54, 1.807) is 0 Å². The highest BCUT2D eigenvalue weighted by Crippen LogP contribution is 2.34. The summed E-state index contributed by atoms with van der Waals surface area (Å²) in [7, 11) is 0. The Morgan fingerprint density at radius 3 is 2.32 bits per heavy atom. The van der Waals surface area contributed by atoms with Crippen LogP contribution in [0.5, 0.6) is 0 Å². The van der Waals surface area contributed by atoms with Gasteiger partial charge in [-0.15, -0.1) is 0 Å². The van der Waals surface area contributed by atoms with Gasteiger partial charge < -0.3 is 0 Å². The van der Waals surface area contributed by atoms with Gasteiger partial charge in [0.15, 0.2) is 0 Å². The fraction of sp³-hybridized carbons (Fsp3) is 0.118. The Morgan fingerprint density at radius 1 is 1.00 bits per heavy atom. The molecule has 0 amide bonds. The van der Waals surface area contributed by atoms with Crippen molar-refractivity contribution < 1.29 is 13.2 Å². The molecule has 2 aromatic carbocycles. The summed E-state index contributed by atoms with van der Waals surface area (Å²) in [6, 6.07) is 14.8. The van der Waals surface area contributed by atoms with E-state index in [1.165, 1.54) is 24.4 Å². The minimum atomic E-state index is -4.41. The molecule has 0 bridgehead atoms. The maximum atomic E-state index is 12.8. The summed E-state index contributed by atoms with van der Waals surface area (Å²) in [6.45, 7) is 1.83. The molecule has 1 N–H and O–H groups in total. The van der Waals surface area contributed by atoms with Crippen LogP contribution in [0.4, 0.5) is 18.9 Å². The predicted molar refractivity (Wildman–Crippen MR) is 83.7 cm³/mol. The summed E-state index contributed by atoms with van der Waals surface area (Å²) in [4.78, 5) is 0. The lowest BCUT2D eigenvalue weighted by Gasteiger charge is -2.11. The Kier molecular flexibility index (Phi) is 4.99. The van der Waals surface area contributed by atoms with E-state index in [-0.39, 0.29) is 5.69 Å². The standard InChI is InChI=1S/C17H15F3N2/c1-13(11-14-7-3-2-4-8-14)12-21-22-16-10-6-5-9-15(16)17(18,19)20/h2-12,22H,1H3/b13-11+,21-12+. The van der Waals surface area contributed by atoms with E-state index in [9.17, 15) is 13.2 Å². The number of hydrazone groups is 1. The van der Waals surface area contributed by atoms with Crippen molar-refractivity contribution in [2.24, 2.45) is 5.10 Å². The summed E-state index contributed by atoms with van der Waals surface area (Å²) in [6.07, 6.45) is -1.03. The lowest BCUT2D eigenvalue weighted by Crippen LogP contribution is -2.08. The van der Waals surface area contributed by atoms with Crippen molar-refractivity contribution >= 4 is 18.0 Å². The molecule has 114 valence electrons. The fourth-order valence-corrected chi connectivity index (χ4v) is 1.88. The summed E-state index contributed by atoms with van der Waals surface area (Å²) < 4.78 is 38.5. The van der Waals surface area contributed by atoms with Gasteiger partial charge in [0.2, 0.25) is 0 Å². The van der Waals surface area contributed by atoms with Gasteiger partial charge >= 0.3 is 6.18 Å². The average molecular weight is 304 g/mol. The summed E-state index contributed by atoms with van der Waals surface area (Å²) in [5.74, 6) is 0. The summed E-state index contributed by atoms with van der Waals surface area (Å²) in [5.41, 5.74) is 3.46. The van der Waals surface area contributed by atoms with Gasteiger partial charge in [-0.1, -0.05) is 48.5 Å². The van der Waals surface area contributed by atoms with E-state index in [4.69, 9.17) is 0 Å². The highest BCUT2D eigenvalue weighted by molar-refractivity contribution is 5.85. The third kappa shape index (κ3) is 4.48. The number of allylic oxidation sites excluding steroid dienone is 1. The number of anilines is 1. The van der Waals surface area contributed by atoms with Crippen LogP contribution in [-0.4, -0.2) is 6.21 Å². The fourth-order valence-electron chi connectivity index (χ4n) is 1.88. The third-order valence-electron chi connectivity index (χ3n) is 2.88. The molecule has 0 aliphatic carbocycles. The maximum Gasteiger partial charge on any atom is 0.418 e. The second-order valence-electron chi connectivity index (χ2n) is 4.71. The molecule has 0 unspecified atom stereocenters. The Labute approximate surface area is 127 Å². The van der Waals surface area contributed by atoms with E-state index in [0.717, 1.165) is 17.2 Å². The number of alkyl halides is 3. The zero-order valence-electron chi connectivity index (χ0n) is 11.9. The average Bonchev–Trinajstić information content (AvgIpc) is 2.48. The molecular formula is C17H15F3N2. The molecule has 0 heterocycles. The van der Waals surface area contributed by atoms with E-state index in [1.807, 2.05) is 43.3 Å². The number of nitrogens with zero attached hydrogens (tertiary/aromatic N) is 1. The zero-order valence-corrected chi connectivity index (χ0v) is 11.9. The maximum absolute atomic E-state index is 12.8. The normalized spacial score (nSPS) is 12.6. The van der Waals surface area contributed by atoms with Crippen molar-refractivity contribution in [3.63, 3.8) is 0 Å². The van der Waals surface area contributed by atoms with Crippen molar-refractivity contribution in [1.29, 1.82) is 0 Å². The monoisotopic (exact) mass is 304 g/mol. The molecule has 0 spiro atoms. The highest BCUT2D eigenvalue weighted by atomic mass is 19.4. The smallest absolute Gasteiger partial charge is 0.278 e. The second kappa shape index (κ2) is 6.93. The van der Waals surface area contributed by atoms with Crippen LogP contribution in [0.25, 0.3) is 6.08 Å². The Morgan fingerprint density at radius 2 is 1.64 bits per heavy atom. The van der Waals surface area contributed by atoms with Gasteiger partial charge in [-0.2, -0.15) is 18.3 Å². The number of hydrogen-bond donors (Lipinski definition) is 1. The van der Waals surface area contributed by atoms with E-state index in [0.29, 0.717) is 0 Å². The van der Waals surface area contributed by atoms with E-state index >= 15 is 0 Å². The Bertz CT molecular complexity index is 674. The van der Waals surface area contributed by atoms with Gasteiger partial charge in [-0.3, -0.25) is 5.43 Å². The van der Waals surface area contributed by atoms with E-state index in [2.05, 4.69) is 10.5 Å². The molecule has 0 aliphatic heterocycles. The lowest BCUT2D eigenvalue weighted by atomic mass is 10.1. The van der Waals surface area contributed by atoms with Crippen LogP contribution in [0, 0.1) is 0 Å². The molecular weight excluding hydrogens is 289 g/mol. The molecule has 5 heteroatoms. The van der Waals surface area contributed by atoms with Crippen molar-refractivity contribution in [3.8, 4) is 0 Å². The zero-order chi connectivity index (χ0) is 16.0. The number of para-hydroxylation sites is 1. The minimum Gasteiger partial charge on any atom is -0.278 e. The number of benzene rings is 2. The molecule has 0 aliphatic rings. The first-order valence-corrected chi connectivity index (χ1v) is 6.65. The summed E-state index contributed by atoms with van der Waals surface area (Å²) >= 11 is 0. The predicted octanol–water partition coefficient (Wildman–Crippen LogP) is 5.21. The van der Waals surface area contributed by atoms with Crippen LogP contribution in [0.1, 0.15) is 18.1 Å². The minimum absolute atomic E-state index is 0.0706.